The third-order valence-electron chi connectivity index (χ3n) is 6.35. The topological polar surface area (TPSA) is 49.4 Å². The first kappa shape index (κ1) is 18.6. The lowest BCUT2D eigenvalue weighted by atomic mass is 9.76. The number of carbonyl (C=O) groups excluding carboxylic acids is 2. The number of nitrogens with one attached hydrogen (secondary N) is 1. The molecule has 0 aliphatic carbocycles. The average molecular weight is 396 g/mol. The van der Waals surface area contributed by atoms with Crippen LogP contribution in [0.5, 0.6) is 0 Å². The Morgan fingerprint density at radius 3 is 2.43 bits per heavy atom. The summed E-state index contributed by atoms with van der Waals surface area (Å²) in [6.45, 7) is 2.74. The molecule has 1 N–H and O–H groups in total. The fraction of sp³-hybridized carbons (Fsp3) is 0.231. The molecule has 2 aliphatic rings. The molecular formula is C26H24N2O2. The molecule has 4 heteroatoms. The van der Waals surface area contributed by atoms with Crippen molar-refractivity contribution in [3.8, 4) is 0 Å². The Labute approximate surface area is 176 Å². The van der Waals surface area contributed by atoms with Gasteiger partial charge in [0.15, 0.2) is 0 Å². The molecular weight excluding hydrogens is 372 g/mol. The van der Waals surface area contributed by atoms with Gasteiger partial charge in [-0.25, -0.2) is 0 Å². The van der Waals surface area contributed by atoms with Crippen LogP contribution < -0.4 is 5.32 Å². The van der Waals surface area contributed by atoms with Gasteiger partial charge in [-0.1, -0.05) is 61.5 Å². The second kappa shape index (κ2) is 7.45. The summed E-state index contributed by atoms with van der Waals surface area (Å²) in [4.78, 5) is 28.7. The summed E-state index contributed by atoms with van der Waals surface area (Å²) in [7, 11) is 0. The van der Waals surface area contributed by atoms with Crippen LogP contribution in [0, 0.1) is 0 Å². The van der Waals surface area contributed by atoms with E-state index in [1.807, 2.05) is 65.6 Å². The fourth-order valence-electron chi connectivity index (χ4n) is 4.80. The van der Waals surface area contributed by atoms with Crippen LogP contribution in [0.15, 0.2) is 72.8 Å². The van der Waals surface area contributed by atoms with Crippen molar-refractivity contribution < 1.29 is 9.59 Å². The summed E-state index contributed by atoms with van der Waals surface area (Å²) in [6.07, 6.45) is 1.77. The van der Waals surface area contributed by atoms with Crippen LogP contribution in [0.4, 0.5) is 5.69 Å². The fourth-order valence-corrected chi connectivity index (χ4v) is 4.80. The van der Waals surface area contributed by atoms with Crippen LogP contribution in [0.3, 0.4) is 0 Å². The standard InChI is InChI=1S/C26H24N2O2/c1-2-17-11-13-19(14-12-17)27-25(29)23-21-9-5-6-10-22(21)26(30)28-16-15-18-7-3-4-8-20(18)24(23)28/h3-14,23-24H,2,15-16H2,1H3,(H,27,29)/t23-,24-/m0/s1. The van der Waals surface area contributed by atoms with E-state index in [0.717, 1.165) is 29.7 Å². The number of carbonyl (C=O) groups is 2. The zero-order valence-corrected chi connectivity index (χ0v) is 17.0. The smallest absolute Gasteiger partial charge is 0.254 e. The molecule has 0 fully saturated rings. The lowest BCUT2D eigenvalue weighted by molar-refractivity contribution is -0.119. The van der Waals surface area contributed by atoms with Crippen LogP contribution in [-0.4, -0.2) is 23.3 Å². The van der Waals surface area contributed by atoms with Crippen molar-refractivity contribution in [1.82, 2.24) is 4.90 Å². The first-order valence-corrected chi connectivity index (χ1v) is 10.5. The van der Waals surface area contributed by atoms with Crippen LogP contribution in [-0.2, 0) is 17.6 Å². The van der Waals surface area contributed by atoms with Crippen molar-refractivity contribution in [2.24, 2.45) is 0 Å². The molecule has 0 spiro atoms. The highest BCUT2D eigenvalue weighted by Gasteiger charge is 2.46. The predicted molar refractivity (Wildman–Crippen MR) is 118 cm³/mol. The first-order chi connectivity index (χ1) is 14.7. The lowest BCUT2D eigenvalue weighted by Gasteiger charge is -2.45. The highest BCUT2D eigenvalue weighted by atomic mass is 16.2. The van der Waals surface area contributed by atoms with Gasteiger partial charge < -0.3 is 10.2 Å². The van der Waals surface area contributed by atoms with Crippen molar-refractivity contribution in [2.45, 2.75) is 31.7 Å². The van der Waals surface area contributed by atoms with Crippen LogP contribution in [0.1, 0.15) is 51.5 Å². The maximum atomic E-state index is 13.6. The third kappa shape index (κ3) is 3.00. The van der Waals surface area contributed by atoms with Gasteiger partial charge in [0.05, 0.1) is 12.0 Å². The molecule has 2 amide bonds. The van der Waals surface area contributed by atoms with Gasteiger partial charge in [0.25, 0.3) is 5.91 Å². The Balaban J connectivity index is 1.59. The molecule has 2 heterocycles. The van der Waals surface area contributed by atoms with Gasteiger partial charge in [-0.05, 0) is 53.3 Å². The number of rotatable bonds is 3. The number of fused-ring (bicyclic) bond motifs is 4. The number of nitrogens with zero attached hydrogens (tertiary/aromatic N) is 1. The van der Waals surface area contributed by atoms with E-state index in [4.69, 9.17) is 0 Å². The van der Waals surface area contributed by atoms with Gasteiger partial charge in [-0.3, -0.25) is 9.59 Å². The predicted octanol–water partition coefficient (Wildman–Crippen LogP) is 4.72. The quantitative estimate of drug-likeness (QED) is 0.696. The maximum absolute atomic E-state index is 13.6. The molecule has 0 saturated carbocycles. The molecule has 30 heavy (non-hydrogen) atoms. The van der Waals surface area contributed by atoms with Gasteiger partial charge >= 0.3 is 0 Å². The average Bonchev–Trinajstić information content (AvgIpc) is 2.79. The number of amides is 2. The number of hydrogen-bond donors (Lipinski definition) is 1. The van der Waals surface area contributed by atoms with Crippen LogP contribution in [0.25, 0.3) is 0 Å². The molecule has 0 aromatic heterocycles. The molecule has 2 atom stereocenters. The molecule has 0 unspecified atom stereocenters. The lowest BCUT2D eigenvalue weighted by Crippen LogP contribution is -2.49. The highest BCUT2D eigenvalue weighted by molar-refractivity contribution is 6.04. The van der Waals surface area contributed by atoms with E-state index in [-0.39, 0.29) is 17.9 Å². The van der Waals surface area contributed by atoms with Crippen LogP contribution in [0.2, 0.25) is 0 Å². The molecule has 0 bridgehead atoms. The van der Waals surface area contributed by atoms with Crippen molar-refractivity contribution >= 4 is 17.5 Å². The monoisotopic (exact) mass is 396 g/mol. The van der Waals surface area contributed by atoms with E-state index in [9.17, 15) is 9.59 Å². The van der Waals surface area contributed by atoms with Crippen molar-refractivity contribution in [2.75, 3.05) is 11.9 Å². The summed E-state index contributed by atoms with van der Waals surface area (Å²) >= 11 is 0. The van der Waals surface area contributed by atoms with E-state index >= 15 is 0 Å². The van der Waals surface area contributed by atoms with Gasteiger partial charge in [0, 0.05) is 17.8 Å². The third-order valence-corrected chi connectivity index (χ3v) is 6.35. The Kier molecular flexibility index (Phi) is 4.62. The Morgan fingerprint density at radius 1 is 0.967 bits per heavy atom. The molecule has 5 rings (SSSR count). The number of anilines is 1. The summed E-state index contributed by atoms with van der Waals surface area (Å²) < 4.78 is 0. The van der Waals surface area contributed by atoms with E-state index < -0.39 is 5.92 Å². The molecule has 3 aromatic carbocycles. The Morgan fingerprint density at radius 2 is 1.67 bits per heavy atom. The Hall–Kier alpha value is -3.40. The SMILES string of the molecule is CCc1ccc(NC(=O)[C@H]2c3ccccc3C(=O)N3CCc4ccccc4[C@@H]23)cc1. The minimum atomic E-state index is -0.453. The zero-order chi connectivity index (χ0) is 20.7. The normalized spacial score (nSPS) is 19.5. The van der Waals surface area contributed by atoms with Gasteiger partial charge in [-0.2, -0.15) is 0 Å². The summed E-state index contributed by atoms with van der Waals surface area (Å²) in [6, 6.07) is 23.4. The first-order valence-electron chi connectivity index (χ1n) is 10.5. The second-order valence-electron chi connectivity index (χ2n) is 8.00. The molecule has 0 saturated heterocycles. The highest BCUT2D eigenvalue weighted by Crippen LogP contribution is 2.46. The molecule has 0 radical (unpaired) electrons. The van der Waals surface area contributed by atoms with Gasteiger partial charge in [0.1, 0.15) is 0 Å². The minimum absolute atomic E-state index is 0.0152. The molecule has 2 aliphatic heterocycles. The zero-order valence-electron chi connectivity index (χ0n) is 17.0. The minimum Gasteiger partial charge on any atom is -0.330 e. The van der Waals surface area contributed by atoms with E-state index in [1.165, 1.54) is 11.1 Å². The maximum Gasteiger partial charge on any atom is 0.254 e. The van der Waals surface area contributed by atoms with Gasteiger partial charge in [0.2, 0.25) is 5.91 Å². The van der Waals surface area contributed by atoms with Crippen LogP contribution >= 0.6 is 0 Å². The second-order valence-corrected chi connectivity index (χ2v) is 8.00. The largest absolute Gasteiger partial charge is 0.330 e. The summed E-state index contributed by atoms with van der Waals surface area (Å²) in [5, 5.41) is 3.11. The number of hydrogen-bond acceptors (Lipinski definition) is 2. The van der Waals surface area contributed by atoms with E-state index in [1.54, 1.807) is 0 Å². The molecule has 4 nitrogen and oxygen atoms in total. The summed E-state index contributed by atoms with van der Waals surface area (Å²) in [5.74, 6) is -0.515. The van der Waals surface area contributed by atoms with Crippen molar-refractivity contribution in [1.29, 1.82) is 0 Å². The number of aryl methyl sites for hydroxylation is 1. The van der Waals surface area contributed by atoms with Gasteiger partial charge in [-0.15, -0.1) is 0 Å². The Bertz CT molecular complexity index is 1120. The van der Waals surface area contributed by atoms with E-state index in [2.05, 4.69) is 24.4 Å². The molecule has 150 valence electrons. The van der Waals surface area contributed by atoms with Crippen molar-refractivity contribution in [3.63, 3.8) is 0 Å². The van der Waals surface area contributed by atoms with Crippen molar-refractivity contribution in [3.05, 3.63) is 101 Å². The number of benzene rings is 3. The molecule has 3 aromatic rings. The van der Waals surface area contributed by atoms with E-state index in [0.29, 0.717) is 12.1 Å². The summed E-state index contributed by atoms with van der Waals surface area (Å²) in [5.41, 5.74) is 5.75.